The van der Waals surface area contributed by atoms with E-state index >= 15 is 0 Å². The number of hydrogen-bond donors (Lipinski definition) is 1. The Hall–Kier alpha value is -12.7. The van der Waals surface area contributed by atoms with Gasteiger partial charge in [-0.25, -0.2) is 0 Å². The van der Waals surface area contributed by atoms with E-state index in [9.17, 15) is 33.9 Å². The van der Waals surface area contributed by atoms with Gasteiger partial charge in [-0.15, -0.1) is 0 Å². The highest BCUT2D eigenvalue weighted by atomic mass is 16.6. The van der Waals surface area contributed by atoms with Gasteiger partial charge in [0.2, 0.25) is 0 Å². The molecule has 4 aromatic carbocycles. The number of ether oxygens (including phenoxy) is 17. The van der Waals surface area contributed by atoms with Gasteiger partial charge in [0.1, 0.15) is 51.1 Å². The summed E-state index contributed by atoms with van der Waals surface area (Å²) in [6.07, 6.45) is 21.0. The van der Waals surface area contributed by atoms with Gasteiger partial charge in [0.05, 0.1) is 193 Å². The molecule has 0 bridgehead atoms. The first-order valence-corrected chi connectivity index (χ1v) is 47.1. The van der Waals surface area contributed by atoms with Crippen LogP contribution >= 0.6 is 0 Å². The van der Waals surface area contributed by atoms with Crippen molar-refractivity contribution < 1.29 is 114 Å². The van der Waals surface area contributed by atoms with E-state index in [0.717, 1.165) is 11.1 Å². The maximum absolute atomic E-state index is 14.7. The summed E-state index contributed by atoms with van der Waals surface area (Å²) < 4.78 is 101. The largest absolute Gasteiger partial charge is 0.493 e. The number of fused-ring (bicyclic) bond motifs is 8. The fourth-order valence-corrected chi connectivity index (χ4v) is 17.5. The number of carboxylic acids is 1. The van der Waals surface area contributed by atoms with E-state index in [1.54, 1.807) is 93.9 Å². The van der Waals surface area contributed by atoms with Gasteiger partial charge in [0, 0.05) is 153 Å². The van der Waals surface area contributed by atoms with Crippen molar-refractivity contribution in [2.75, 3.05) is 194 Å². The average molecular weight is 1900 g/mol. The van der Waals surface area contributed by atoms with Crippen molar-refractivity contribution in [2.45, 2.75) is 136 Å². The lowest BCUT2D eigenvalue weighted by atomic mass is 10.1. The minimum Gasteiger partial charge on any atom is -0.493 e. The molecule has 8 aliphatic rings. The number of rotatable bonds is 54. The molecule has 0 saturated carbocycles. The van der Waals surface area contributed by atoms with Gasteiger partial charge in [-0.1, -0.05) is 46.6 Å². The summed E-state index contributed by atoms with van der Waals surface area (Å²) in [5.74, 6) is 1.80. The van der Waals surface area contributed by atoms with Crippen molar-refractivity contribution in [1.29, 1.82) is 0 Å². The summed E-state index contributed by atoms with van der Waals surface area (Å²) in [7, 11) is 9.30. The molecule has 138 heavy (non-hydrogen) atoms. The van der Waals surface area contributed by atoms with Crippen LogP contribution < -0.4 is 47.4 Å². The van der Waals surface area contributed by atoms with Crippen molar-refractivity contribution in [2.24, 2.45) is 20.0 Å². The molecule has 2 unspecified atom stereocenters. The number of unbranched alkanes of at least 4 members (excludes halogenated alkanes) is 1. The van der Waals surface area contributed by atoms with Gasteiger partial charge in [-0.05, 0) is 109 Å². The maximum atomic E-state index is 14.7. The lowest BCUT2D eigenvalue weighted by Gasteiger charge is -2.22. The van der Waals surface area contributed by atoms with E-state index in [1.807, 2.05) is 70.5 Å². The molecule has 4 atom stereocenters. The summed E-state index contributed by atoms with van der Waals surface area (Å²) in [6.45, 7) is 15.7. The molecule has 6 aromatic rings. The first-order chi connectivity index (χ1) is 67.3. The number of pyridine rings is 2. The van der Waals surface area contributed by atoms with Crippen LogP contribution in [0.25, 0.3) is 0 Å². The van der Waals surface area contributed by atoms with E-state index in [-0.39, 0.29) is 106 Å². The Balaban J connectivity index is 0.607. The molecule has 738 valence electrons. The Morgan fingerprint density at radius 2 is 0.681 bits per heavy atom. The third-order valence-corrected chi connectivity index (χ3v) is 24.9. The van der Waals surface area contributed by atoms with Crippen LogP contribution in [0.5, 0.6) is 57.5 Å². The number of allylic oxidation sites excluding steroid dienone is 4. The summed E-state index contributed by atoms with van der Waals surface area (Å²) in [5.41, 5.74) is 9.76. The number of hydrogen-bond acceptors (Lipinski definition) is 31. The number of aromatic nitrogens is 2. The van der Waals surface area contributed by atoms with Crippen LogP contribution in [0.1, 0.15) is 149 Å². The lowest BCUT2D eigenvalue weighted by Crippen LogP contribution is -2.35. The zero-order chi connectivity index (χ0) is 96.8. The molecule has 14 rings (SSSR count). The third kappa shape index (κ3) is 27.0. The van der Waals surface area contributed by atoms with Gasteiger partial charge in [0.15, 0.2) is 46.0 Å². The van der Waals surface area contributed by atoms with Gasteiger partial charge in [-0.2, -0.15) is 0 Å². The summed E-state index contributed by atoms with van der Waals surface area (Å²) in [4.78, 5) is 122. The highest BCUT2D eigenvalue weighted by molar-refractivity contribution is 6.07. The summed E-state index contributed by atoms with van der Waals surface area (Å²) >= 11 is 0. The molecular formula is C102H126N12O24. The number of amides is 4. The molecule has 8 aliphatic heterocycles. The molecule has 36 nitrogen and oxygen atoms in total. The van der Waals surface area contributed by atoms with Crippen LogP contribution in [0.15, 0.2) is 139 Å². The van der Waals surface area contributed by atoms with Gasteiger partial charge in [-0.3, -0.25) is 68.5 Å². The predicted molar refractivity (Wildman–Crippen MR) is 515 cm³/mol. The molecule has 36 heteroatoms. The summed E-state index contributed by atoms with van der Waals surface area (Å²) in [6, 6.07) is 19.7. The molecular weight excluding hydrogens is 1780 g/mol. The number of carbonyl (C=O) groups excluding carboxylic acids is 5. The number of carboxylic acid groups (broad SMARTS) is 1. The highest BCUT2D eigenvalue weighted by Gasteiger charge is 2.40. The van der Waals surface area contributed by atoms with Gasteiger partial charge in [0.25, 0.3) is 23.6 Å². The van der Waals surface area contributed by atoms with Crippen molar-refractivity contribution in [3.05, 3.63) is 164 Å². The predicted octanol–water partition coefficient (Wildman–Crippen LogP) is 12.7. The van der Waals surface area contributed by atoms with Crippen LogP contribution in [0.4, 0.5) is 22.7 Å². The Bertz CT molecular complexity index is 5530. The normalized spacial score (nSPS) is 18.4. The second-order valence-corrected chi connectivity index (χ2v) is 34.2. The molecule has 1 N–H and O–H groups in total. The molecule has 4 fully saturated rings. The van der Waals surface area contributed by atoms with Gasteiger partial charge >= 0.3 is 11.9 Å². The highest BCUT2D eigenvalue weighted by Crippen LogP contribution is 2.45. The Labute approximate surface area is 804 Å². The van der Waals surface area contributed by atoms with Crippen molar-refractivity contribution in [1.82, 2.24) is 39.4 Å². The lowest BCUT2D eigenvalue weighted by molar-refractivity contribution is -0.143. The van der Waals surface area contributed by atoms with Crippen molar-refractivity contribution in [3.63, 3.8) is 0 Å². The fourth-order valence-electron chi connectivity index (χ4n) is 17.5. The van der Waals surface area contributed by atoms with Crippen LogP contribution in [0, 0.1) is 0 Å². The standard InChI is InChI=1S/C102H126N12O24/c1-10-67-39-75-55-103-85-51-93(89(124-6)47-81(85)99(118)111(75)59-67)135-63-71-43-79(133-29-25-109(21-15-19-97(115)116)23-27-128-35-37-130-33-31-122-4)44-72(107-71)65-137-95-53-87-83(49-91(95)126-8)101(120)113-61-69(41-77(113)57-105-87)17-13-14-18-70-42-78-58-106-88-54-96(92(127-9)50-84(88)102(121)114(78)62-70)138-66-74-46-80(134-30-26-110(22-16-20-98(117)132-12-3)24-28-129-36-38-131-34-32-123-5)45-73(108-74)64-136-94-52-86-82(48-90(94)125-7)100(119)112-60-68(11-2)40-76(112)56-104-86/h10-11,17-18,43-58,75-78H,12-16,19-42,59-66H2,1-9H3,(H,115,116)/b67-10+,68-11+,69-17+,70-18+/t75-,76?,77?,78-/m0/s1. The zero-order valence-electron chi connectivity index (χ0n) is 80.2. The molecule has 0 aliphatic carbocycles. The van der Waals surface area contributed by atoms with E-state index < -0.39 is 5.97 Å². The first kappa shape index (κ1) is 101. The minimum absolute atomic E-state index is 0.0116. The van der Waals surface area contributed by atoms with Crippen LogP contribution in [0.2, 0.25) is 0 Å². The number of benzene rings is 4. The Morgan fingerprint density at radius 1 is 0.377 bits per heavy atom. The van der Waals surface area contributed by atoms with E-state index in [4.69, 9.17) is 110 Å². The van der Waals surface area contributed by atoms with Crippen LogP contribution in [0.3, 0.4) is 0 Å². The van der Waals surface area contributed by atoms with Crippen LogP contribution in [-0.4, -0.2) is 323 Å². The first-order valence-electron chi connectivity index (χ1n) is 47.1. The van der Waals surface area contributed by atoms with Crippen molar-refractivity contribution in [3.8, 4) is 57.5 Å². The molecule has 10 heterocycles. The molecule has 4 saturated heterocycles. The molecule has 2 aromatic heterocycles. The number of esters is 1. The topological polar surface area (TPSA) is 374 Å². The van der Waals surface area contributed by atoms with Crippen molar-refractivity contribution >= 4 is 83.2 Å². The number of nitrogens with zero attached hydrogens (tertiary/aromatic N) is 12. The Kier molecular flexibility index (Phi) is 37.1. The van der Waals surface area contributed by atoms with E-state index in [1.165, 1.54) is 39.6 Å². The fraction of sp³-hybridized carbons (Fsp3) is 0.490. The second kappa shape index (κ2) is 50.6. The molecule has 0 radical (unpaired) electrons. The van der Waals surface area contributed by atoms with Crippen LogP contribution in [-0.2, 0) is 69.2 Å². The minimum atomic E-state index is -0.878. The van der Waals surface area contributed by atoms with E-state index in [2.05, 4.69) is 22.0 Å². The monoisotopic (exact) mass is 1900 g/mol. The quantitative estimate of drug-likeness (QED) is 0.0210. The van der Waals surface area contributed by atoms with E-state index in [0.29, 0.717) is 315 Å². The summed E-state index contributed by atoms with van der Waals surface area (Å²) in [5, 5.41) is 9.47. The number of aliphatic imine (C=N–C) groups is 4. The second-order valence-electron chi connectivity index (χ2n) is 34.2. The van der Waals surface area contributed by atoms with Gasteiger partial charge < -0.3 is 105 Å². The third-order valence-electron chi connectivity index (χ3n) is 24.9. The average Bonchev–Trinajstić information content (AvgIpc) is 1.65. The zero-order valence-corrected chi connectivity index (χ0v) is 80.2. The maximum Gasteiger partial charge on any atom is 0.305 e. The number of carbonyl (C=O) groups is 6. The SMILES string of the molecule is C/C=C1\CC2C=Nc3cc(OCc4cc(OCCN(CCCC(=O)OCC)CCOCCOCCOC)cc(COc5cc6c(cc5OC)C(=O)N5C/C(=C/CC/C=C7\CC8C=Nc9cc(OCc%10cc(OCCN(CCCC(=O)O)CCOCCOCCOC)cc(COc%11cc%12c(cc%11OC)C(=O)N%11C/C(=C/C)C[C@H]%11C=N%12)n%10)c(OC)cc9C(=O)N8C7)C[C@H]5C=N6)n4)c(OC)cc3C(=O)N2C1. The molecule has 4 amide bonds. The number of aliphatic carboxylic acids is 1. The Morgan fingerprint density at radius 3 is 0.993 bits per heavy atom. The smallest absolute Gasteiger partial charge is 0.305 e. The number of methoxy groups -OCH3 is 6. The molecule has 0 spiro atoms.